The number of benzene rings is 2. The van der Waals surface area contributed by atoms with Crippen molar-refractivity contribution in [2.45, 2.75) is 19.4 Å². The summed E-state index contributed by atoms with van der Waals surface area (Å²) in [5, 5.41) is 5.54. The van der Waals surface area contributed by atoms with E-state index in [1.165, 1.54) is 28.5 Å². The normalized spacial score (nSPS) is 15.7. The summed E-state index contributed by atoms with van der Waals surface area (Å²) in [5.74, 6) is 0. The zero-order valence-electron chi connectivity index (χ0n) is 17.2. The molecule has 0 aliphatic carbocycles. The van der Waals surface area contributed by atoms with Crippen LogP contribution in [-0.4, -0.2) is 62.3 Å². The molecule has 0 spiro atoms. The van der Waals surface area contributed by atoms with Crippen LogP contribution >= 0.6 is 0 Å². The van der Waals surface area contributed by atoms with Crippen LogP contribution in [-0.2, 0) is 13.0 Å². The molecule has 0 amide bonds. The number of hydrogen-bond donors (Lipinski definition) is 1. The van der Waals surface area contributed by atoms with Gasteiger partial charge in [-0.05, 0) is 48.7 Å². The molecular weight excluding hydrogens is 372 g/mol. The zero-order chi connectivity index (χ0) is 20.2. The number of aromatic nitrogens is 4. The van der Waals surface area contributed by atoms with Crippen molar-refractivity contribution in [2.24, 2.45) is 0 Å². The van der Waals surface area contributed by atoms with Gasteiger partial charge in [-0.3, -0.25) is 4.90 Å². The van der Waals surface area contributed by atoms with Gasteiger partial charge in [-0.1, -0.05) is 30.3 Å². The maximum Gasteiger partial charge on any atom is 0.138 e. The summed E-state index contributed by atoms with van der Waals surface area (Å²) in [6, 6.07) is 17.2. The van der Waals surface area contributed by atoms with Crippen molar-refractivity contribution >= 4 is 10.9 Å². The van der Waals surface area contributed by atoms with Crippen LogP contribution in [0.15, 0.2) is 67.4 Å². The van der Waals surface area contributed by atoms with E-state index in [4.69, 9.17) is 0 Å². The predicted molar refractivity (Wildman–Crippen MR) is 120 cm³/mol. The van der Waals surface area contributed by atoms with Crippen LogP contribution < -0.4 is 0 Å². The fourth-order valence-corrected chi connectivity index (χ4v) is 4.36. The van der Waals surface area contributed by atoms with Gasteiger partial charge in [-0.15, -0.1) is 0 Å². The van der Waals surface area contributed by atoms with Crippen molar-refractivity contribution < 1.29 is 0 Å². The number of aryl methyl sites for hydroxylation is 1. The number of fused-ring (bicyclic) bond motifs is 1. The second-order valence-electron chi connectivity index (χ2n) is 8.09. The highest BCUT2D eigenvalue weighted by Crippen LogP contribution is 2.23. The van der Waals surface area contributed by atoms with Gasteiger partial charge in [0.2, 0.25) is 0 Å². The minimum absolute atomic E-state index is 1.05. The summed E-state index contributed by atoms with van der Waals surface area (Å²) in [6.07, 6.45) is 7.74. The van der Waals surface area contributed by atoms with E-state index >= 15 is 0 Å². The Bertz CT molecular complexity index is 1060. The Hall–Kier alpha value is -2.96. The summed E-state index contributed by atoms with van der Waals surface area (Å²) < 4.78 is 1.81. The molecule has 4 aromatic rings. The summed E-state index contributed by atoms with van der Waals surface area (Å²) in [4.78, 5) is 12.6. The monoisotopic (exact) mass is 400 g/mol. The van der Waals surface area contributed by atoms with E-state index in [0.717, 1.165) is 51.4 Å². The summed E-state index contributed by atoms with van der Waals surface area (Å²) in [7, 11) is 0. The van der Waals surface area contributed by atoms with E-state index in [1.807, 2.05) is 4.68 Å². The minimum Gasteiger partial charge on any atom is -0.361 e. The van der Waals surface area contributed by atoms with Gasteiger partial charge in [0.25, 0.3) is 0 Å². The molecule has 0 unspecified atom stereocenters. The third-order valence-electron chi connectivity index (χ3n) is 6.07. The van der Waals surface area contributed by atoms with Gasteiger partial charge >= 0.3 is 0 Å². The Morgan fingerprint density at radius 3 is 2.57 bits per heavy atom. The average molecular weight is 401 g/mol. The van der Waals surface area contributed by atoms with Crippen LogP contribution in [0.3, 0.4) is 0 Å². The zero-order valence-corrected chi connectivity index (χ0v) is 17.2. The van der Waals surface area contributed by atoms with E-state index in [1.54, 1.807) is 12.7 Å². The first kappa shape index (κ1) is 19.0. The van der Waals surface area contributed by atoms with Gasteiger partial charge in [-0.2, -0.15) is 5.10 Å². The Kier molecular flexibility index (Phi) is 5.59. The molecular formula is C24H28N6. The Morgan fingerprint density at radius 1 is 0.933 bits per heavy atom. The van der Waals surface area contributed by atoms with Crippen LogP contribution in [0, 0.1) is 0 Å². The maximum atomic E-state index is 4.25. The number of H-pyrrole nitrogens is 1. The van der Waals surface area contributed by atoms with Crippen molar-refractivity contribution in [1.29, 1.82) is 0 Å². The standard InChI is InChI=1S/C24H28N6/c1-2-5-20(6-3-1)17-29-13-11-28(12-14-29)10-4-7-21-16-26-24-9-8-22(15-23(21)24)30-19-25-18-27-30/h1-3,5-6,8-9,15-16,18-19,26H,4,7,10-14,17H2. The molecule has 2 aromatic carbocycles. The molecule has 6 heteroatoms. The van der Waals surface area contributed by atoms with E-state index in [-0.39, 0.29) is 0 Å². The van der Waals surface area contributed by atoms with Crippen LogP contribution in [0.1, 0.15) is 17.5 Å². The lowest BCUT2D eigenvalue weighted by atomic mass is 10.1. The molecule has 0 atom stereocenters. The minimum atomic E-state index is 1.05. The molecule has 2 aromatic heterocycles. The fraction of sp³-hybridized carbons (Fsp3) is 0.333. The first-order chi connectivity index (χ1) is 14.8. The molecule has 6 nitrogen and oxygen atoms in total. The van der Waals surface area contributed by atoms with Crippen LogP contribution in [0.5, 0.6) is 0 Å². The third kappa shape index (κ3) is 4.30. The number of aromatic amines is 1. The van der Waals surface area contributed by atoms with E-state index in [0.29, 0.717) is 0 Å². The highest BCUT2D eigenvalue weighted by Gasteiger charge is 2.16. The van der Waals surface area contributed by atoms with Crippen molar-refractivity contribution in [2.75, 3.05) is 32.7 Å². The number of hydrogen-bond acceptors (Lipinski definition) is 4. The number of nitrogens with one attached hydrogen (secondary N) is 1. The topological polar surface area (TPSA) is 53.0 Å². The Labute approximate surface area is 177 Å². The van der Waals surface area contributed by atoms with Crippen LogP contribution in [0.4, 0.5) is 0 Å². The number of nitrogens with zero attached hydrogens (tertiary/aromatic N) is 5. The molecule has 1 aliphatic heterocycles. The lowest BCUT2D eigenvalue weighted by Gasteiger charge is -2.34. The van der Waals surface area contributed by atoms with E-state index < -0.39 is 0 Å². The molecule has 1 aliphatic rings. The summed E-state index contributed by atoms with van der Waals surface area (Å²) >= 11 is 0. The van der Waals surface area contributed by atoms with Gasteiger partial charge < -0.3 is 9.88 Å². The first-order valence-corrected chi connectivity index (χ1v) is 10.8. The molecule has 154 valence electrons. The highest BCUT2D eigenvalue weighted by molar-refractivity contribution is 5.85. The van der Waals surface area contributed by atoms with Gasteiger partial charge in [0, 0.05) is 49.8 Å². The largest absolute Gasteiger partial charge is 0.361 e. The maximum absolute atomic E-state index is 4.25. The molecule has 1 fully saturated rings. The lowest BCUT2D eigenvalue weighted by molar-refractivity contribution is 0.126. The van der Waals surface area contributed by atoms with Gasteiger partial charge in [-0.25, -0.2) is 9.67 Å². The SMILES string of the molecule is c1ccc(CN2CCN(CCCc3c[nH]c4ccc(-n5cncn5)cc34)CC2)cc1. The van der Waals surface area contributed by atoms with E-state index in [9.17, 15) is 0 Å². The third-order valence-corrected chi connectivity index (χ3v) is 6.07. The van der Waals surface area contributed by atoms with Gasteiger partial charge in [0.05, 0.1) is 5.69 Å². The predicted octanol–water partition coefficient (Wildman–Crippen LogP) is 3.50. The molecule has 0 bridgehead atoms. The van der Waals surface area contributed by atoms with Crippen molar-refractivity contribution in [3.05, 3.63) is 78.5 Å². The summed E-state index contributed by atoms with van der Waals surface area (Å²) in [5.41, 5.74) is 5.03. The smallest absolute Gasteiger partial charge is 0.138 e. The Balaban J connectivity index is 1.13. The van der Waals surface area contributed by atoms with Gasteiger partial charge in [0.15, 0.2) is 0 Å². The number of piperazine rings is 1. The molecule has 0 radical (unpaired) electrons. The molecule has 5 rings (SSSR count). The highest BCUT2D eigenvalue weighted by atomic mass is 15.3. The first-order valence-electron chi connectivity index (χ1n) is 10.8. The van der Waals surface area contributed by atoms with Gasteiger partial charge in [0.1, 0.15) is 12.7 Å². The second kappa shape index (κ2) is 8.81. The van der Waals surface area contributed by atoms with Crippen molar-refractivity contribution in [1.82, 2.24) is 29.5 Å². The number of rotatable bonds is 7. The molecule has 0 saturated carbocycles. The summed E-state index contributed by atoms with van der Waals surface area (Å²) in [6.45, 7) is 6.87. The van der Waals surface area contributed by atoms with E-state index in [2.05, 4.69) is 79.6 Å². The molecule has 30 heavy (non-hydrogen) atoms. The average Bonchev–Trinajstić information content (AvgIpc) is 3.46. The lowest BCUT2D eigenvalue weighted by Crippen LogP contribution is -2.46. The van der Waals surface area contributed by atoms with Crippen molar-refractivity contribution in [3.63, 3.8) is 0 Å². The quantitative estimate of drug-likeness (QED) is 0.516. The molecule has 3 heterocycles. The fourth-order valence-electron chi connectivity index (χ4n) is 4.36. The molecule has 1 N–H and O–H groups in total. The Morgan fingerprint density at radius 2 is 1.77 bits per heavy atom. The molecule has 1 saturated heterocycles. The van der Waals surface area contributed by atoms with Crippen LogP contribution in [0.25, 0.3) is 16.6 Å². The van der Waals surface area contributed by atoms with Crippen LogP contribution in [0.2, 0.25) is 0 Å². The second-order valence-corrected chi connectivity index (χ2v) is 8.09. The van der Waals surface area contributed by atoms with Crippen molar-refractivity contribution in [3.8, 4) is 5.69 Å².